The molecule has 1 aromatic carbocycles. The molecular formula is C21H21Cl2N5O4. The molecule has 1 atom stereocenters. The third-order valence-corrected chi connectivity index (χ3v) is 5.88. The largest absolute Gasteiger partial charge is 0.456 e. The fourth-order valence-electron chi connectivity index (χ4n) is 3.50. The Hall–Kier alpha value is -2.88. The number of nitrogens with zero attached hydrogens (tertiary/aromatic N) is 3. The second kappa shape index (κ2) is 9.72. The molecule has 1 aliphatic heterocycles. The Morgan fingerprint density at radius 1 is 1.38 bits per heavy atom. The summed E-state index contributed by atoms with van der Waals surface area (Å²) in [4.78, 5) is 29.5. The van der Waals surface area contributed by atoms with E-state index < -0.39 is 5.97 Å². The molecule has 4 rings (SSSR count). The van der Waals surface area contributed by atoms with Crippen LogP contribution in [-0.4, -0.2) is 70.9 Å². The van der Waals surface area contributed by atoms with Gasteiger partial charge in [0.15, 0.2) is 6.61 Å². The van der Waals surface area contributed by atoms with Gasteiger partial charge in [0.25, 0.3) is 5.91 Å². The molecule has 2 aromatic heterocycles. The second-order valence-corrected chi connectivity index (χ2v) is 8.08. The van der Waals surface area contributed by atoms with Crippen LogP contribution in [0.15, 0.2) is 30.6 Å². The molecule has 2 N–H and O–H groups in total. The molecule has 0 radical (unpaired) electrons. The quantitative estimate of drug-likeness (QED) is 0.524. The highest BCUT2D eigenvalue weighted by Gasteiger charge is 2.25. The van der Waals surface area contributed by atoms with Crippen LogP contribution >= 0.6 is 23.2 Å². The molecule has 9 nitrogen and oxygen atoms in total. The van der Waals surface area contributed by atoms with Crippen LogP contribution < -0.4 is 5.32 Å². The van der Waals surface area contributed by atoms with Gasteiger partial charge in [0.05, 0.1) is 34.5 Å². The molecule has 3 heterocycles. The molecule has 32 heavy (non-hydrogen) atoms. The highest BCUT2D eigenvalue weighted by molar-refractivity contribution is 6.45. The summed E-state index contributed by atoms with van der Waals surface area (Å²) in [7, 11) is 0. The topological polar surface area (TPSA) is 109 Å². The fourth-order valence-corrected chi connectivity index (χ4v) is 3.86. The van der Waals surface area contributed by atoms with Gasteiger partial charge in [-0.15, -0.1) is 0 Å². The minimum Gasteiger partial charge on any atom is -0.456 e. The number of H-pyrrole nitrogens is 1. The van der Waals surface area contributed by atoms with Crippen molar-refractivity contribution in [2.24, 2.45) is 0 Å². The number of ether oxygens (including phenoxy) is 2. The minimum absolute atomic E-state index is 0.249. The van der Waals surface area contributed by atoms with Crippen LogP contribution in [-0.2, 0) is 19.1 Å². The molecule has 1 unspecified atom stereocenters. The second-order valence-electron chi connectivity index (χ2n) is 7.29. The van der Waals surface area contributed by atoms with E-state index in [9.17, 15) is 9.59 Å². The van der Waals surface area contributed by atoms with Gasteiger partial charge in [-0.25, -0.2) is 4.98 Å². The van der Waals surface area contributed by atoms with Gasteiger partial charge in [-0.3, -0.25) is 14.7 Å². The predicted octanol–water partition coefficient (Wildman–Crippen LogP) is 3.13. The lowest BCUT2D eigenvalue weighted by Crippen LogP contribution is -2.49. The van der Waals surface area contributed by atoms with Crippen molar-refractivity contribution in [2.75, 3.05) is 38.2 Å². The zero-order valence-electron chi connectivity index (χ0n) is 17.2. The standard InChI is InChI=1S/C21H21Cl2N5O4/c1-12(29)32-11-19(30)28-4-5-31-14(10-28)9-24-18-6-16(13-7-25-26-8-13)15-2-3-17(22)20(23)21(15)27-18/h2-3,6-8,14H,4-5,9-11H2,1H3,(H,24,27)(H,25,26). The molecule has 1 fully saturated rings. The Morgan fingerprint density at radius 3 is 2.97 bits per heavy atom. The summed E-state index contributed by atoms with van der Waals surface area (Å²) in [5, 5.41) is 11.8. The first-order valence-electron chi connectivity index (χ1n) is 9.97. The monoisotopic (exact) mass is 477 g/mol. The molecular weight excluding hydrogens is 457 g/mol. The van der Waals surface area contributed by atoms with E-state index in [1.807, 2.05) is 12.1 Å². The van der Waals surface area contributed by atoms with E-state index in [0.29, 0.717) is 47.6 Å². The van der Waals surface area contributed by atoms with Crippen LogP contribution in [0, 0.1) is 0 Å². The molecule has 0 spiro atoms. The number of nitrogens with one attached hydrogen (secondary N) is 2. The van der Waals surface area contributed by atoms with Crippen molar-refractivity contribution >= 4 is 51.8 Å². The summed E-state index contributed by atoms with van der Waals surface area (Å²) in [6.07, 6.45) is 3.25. The van der Waals surface area contributed by atoms with Crippen molar-refractivity contribution in [1.82, 2.24) is 20.1 Å². The summed E-state index contributed by atoms with van der Waals surface area (Å²) in [5.41, 5.74) is 2.35. The number of aromatic nitrogens is 3. The van der Waals surface area contributed by atoms with E-state index in [0.717, 1.165) is 16.5 Å². The number of halogens is 2. The molecule has 3 aromatic rings. The fraction of sp³-hybridized carbons (Fsp3) is 0.333. The lowest BCUT2D eigenvalue weighted by Gasteiger charge is -2.33. The van der Waals surface area contributed by atoms with Crippen LogP contribution in [0.2, 0.25) is 10.0 Å². The van der Waals surface area contributed by atoms with Crippen molar-refractivity contribution in [3.63, 3.8) is 0 Å². The van der Waals surface area contributed by atoms with Crippen LogP contribution in [0.25, 0.3) is 22.0 Å². The summed E-state index contributed by atoms with van der Waals surface area (Å²) < 4.78 is 10.6. The SMILES string of the molecule is CC(=O)OCC(=O)N1CCOC(CNc2cc(-c3cn[nH]c3)c3ccc(Cl)c(Cl)c3n2)C1. The maximum atomic E-state index is 12.2. The normalized spacial score (nSPS) is 16.2. The zero-order valence-corrected chi connectivity index (χ0v) is 18.7. The maximum Gasteiger partial charge on any atom is 0.303 e. The van der Waals surface area contributed by atoms with Gasteiger partial charge < -0.3 is 19.7 Å². The Morgan fingerprint density at radius 2 is 2.22 bits per heavy atom. The van der Waals surface area contributed by atoms with Crippen molar-refractivity contribution in [3.8, 4) is 11.1 Å². The number of carbonyl (C=O) groups is 2. The molecule has 0 bridgehead atoms. The van der Waals surface area contributed by atoms with E-state index in [-0.39, 0.29) is 18.6 Å². The molecule has 0 saturated carbocycles. The third-order valence-electron chi connectivity index (χ3n) is 5.08. The first-order valence-corrected chi connectivity index (χ1v) is 10.7. The van der Waals surface area contributed by atoms with Gasteiger partial charge >= 0.3 is 5.97 Å². The van der Waals surface area contributed by atoms with Crippen molar-refractivity contribution < 1.29 is 19.1 Å². The lowest BCUT2D eigenvalue weighted by molar-refractivity contribution is -0.153. The van der Waals surface area contributed by atoms with Crippen LogP contribution in [0.5, 0.6) is 0 Å². The van der Waals surface area contributed by atoms with Gasteiger partial charge in [0, 0.05) is 43.7 Å². The van der Waals surface area contributed by atoms with Crippen LogP contribution in [0.1, 0.15) is 6.92 Å². The van der Waals surface area contributed by atoms with Gasteiger partial charge in [-0.2, -0.15) is 5.10 Å². The molecule has 1 amide bonds. The summed E-state index contributed by atoms with van der Waals surface area (Å²) in [6, 6.07) is 5.52. The highest BCUT2D eigenvalue weighted by Crippen LogP contribution is 2.36. The Labute approximate surface area is 194 Å². The first-order chi connectivity index (χ1) is 15.4. The third kappa shape index (κ3) is 4.95. The van der Waals surface area contributed by atoms with Crippen molar-refractivity contribution in [2.45, 2.75) is 13.0 Å². The number of fused-ring (bicyclic) bond motifs is 1. The lowest BCUT2D eigenvalue weighted by atomic mass is 10.0. The van der Waals surface area contributed by atoms with E-state index in [2.05, 4.69) is 20.5 Å². The average molecular weight is 478 g/mol. The Balaban J connectivity index is 1.51. The number of amides is 1. The number of hydrogen-bond donors (Lipinski definition) is 2. The maximum absolute atomic E-state index is 12.2. The number of carbonyl (C=O) groups excluding carboxylic acids is 2. The minimum atomic E-state index is -0.487. The average Bonchev–Trinajstić information content (AvgIpc) is 3.33. The summed E-state index contributed by atoms with van der Waals surface area (Å²) >= 11 is 12.6. The van der Waals surface area contributed by atoms with Crippen LogP contribution in [0.3, 0.4) is 0 Å². The number of anilines is 1. The summed E-state index contributed by atoms with van der Waals surface area (Å²) in [5.74, 6) is -0.148. The first kappa shape index (κ1) is 22.3. The Bertz CT molecular complexity index is 1140. The molecule has 168 valence electrons. The van der Waals surface area contributed by atoms with E-state index in [4.69, 9.17) is 32.7 Å². The van der Waals surface area contributed by atoms with Crippen molar-refractivity contribution in [1.29, 1.82) is 0 Å². The number of morpholine rings is 1. The highest BCUT2D eigenvalue weighted by atomic mass is 35.5. The van der Waals surface area contributed by atoms with Crippen LogP contribution in [0.4, 0.5) is 5.82 Å². The predicted molar refractivity (Wildman–Crippen MR) is 121 cm³/mol. The number of aromatic amines is 1. The molecule has 11 heteroatoms. The van der Waals surface area contributed by atoms with Gasteiger partial charge in [0.2, 0.25) is 0 Å². The van der Waals surface area contributed by atoms with E-state index >= 15 is 0 Å². The molecule has 0 aliphatic carbocycles. The van der Waals surface area contributed by atoms with Gasteiger partial charge in [0.1, 0.15) is 5.82 Å². The smallest absolute Gasteiger partial charge is 0.303 e. The number of hydrogen-bond acceptors (Lipinski definition) is 7. The number of rotatable bonds is 6. The molecule has 1 aliphatic rings. The van der Waals surface area contributed by atoms with E-state index in [1.54, 1.807) is 23.4 Å². The number of pyridine rings is 1. The number of esters is 1. The Kier molecular flexibility index (Phi) is 6.78. The van der Waals surface area contributed by atoms with Gasteiger partial charge in [-0.1, -0.05) is 29.3 Å². The number of benzene rings is 1. The zero-order chi connectivity index (χ0) is 22.7. The summed E-state index contributed by atoms with van der Waals surface area (Å²) in [6.45, 7) is 2.64. The molecule has 1 saturated heterocycles. The van der Waals surface area contributed by atoms with Gasteiger partial charge in [-0.05, 0) is 17.7 Å². The van der Waals surface area contributed by atoms with Crippen molar-refractivity contribution in [3.05, 3.63) is 40.6 Å². The van der Waals surface area contributed by atoms with E-state index in [1.165, 1.54) is 6.92 Å².